The zero-order chi connectivity index (χ0) is 15.3. The molecule has 1 amide bonds. The lowest BCUT2D eigenvalue weighted by molar-refractivity contribution is -0.138. The van der Waals surface area contributed by atoms with Crippen molar-refractivity contribution in [2.45, 2.75) is 31.5 Å². The Labute approximate surface area is 134 Å². The molecule has 4 rings (SSSR count). The summed E-state index contributed by atoms with van der Waals surface area (Å²) in [6.07, 6.45) is 1.94. The third-order valence-corrected chi connectivity index (χ3v) is 7.40. The molecule has 120 valence electrons. The predicted octanol–water partition coefficient (Wildman–Crippen LogP) is 0.968. The number of rotatable bonds is 3. The van der Waals surface area contributed by atoms with Crippen LogP contribution in [0.2, 0.25) is 0 Å². The molecule has 1 aromatic rings. The number of fused-ring (bicyclic) bond motifs is 1. The summed E-state index contributed by atoms with van der Waals surface area (Å²) in [7, 11) is -3.05. The van der Waals surface area contributed by atoms with Gasteiger partial charge in [-0.15, -0.1) is 0 Å². The molecule has 0 aromatic carbocycles. The molecule has 5 nitrogen and oxygen atoms in total. The number of thiophene rings is 1. The van der Waals surface area contributed by atoms with Gasteiger partial charge in [-0.05, 0) is 35.2 Å². The first-order valence-corrected chi connectivity index (χ1v) is 10.6. The zero-order valence-corrected chi connectivity index (χ0v) is 14.0. The topological polar surface area (TPSA) is 57.7 Å². The molecule has 0 unspecified atom stereocenters. The summed E-state index contributed by atoms with van der Waals surface area (Å²) in [4.78, 5) is 16.6. The van der Waals surface area contributed by atoms with E-state index in [2.05, 4.69) is 16.3 Å². The molecule has 2 atom stereocenters. The standard InChI is InChI=1S/C15H20N2O3S2/c18-15(12-1-2-12)17-5-4-16(7-11-3-6-21-8-11)13-9-22(19,20)10-14(13)17/h3,6,8,12-14H,1-2,4-5,7,9-10H2/t13-,14+/m0/s1. The van der Waals surface area contributed by atoms with Crippen molar-refractivity contribution >= 4 is 27.1 Å². The zero-order valence-electron chi connectivity index (χ0n) is 12.3. The van der Waals surface area contributed by atoms with E-state index in [0.29, 0.717) is 6.54 Å². The van der Waals surface area contributed by atoms with Crippen LogP contribution in [-0.4, -0.2) is 60.8 Å². The van der Waals surface area contributed by atoms with Crippen LogP contribution in [0.25, 0.3) is 0 Å². The summed E-state index contributed by atoms with van der Waals surface area (Å²) >= 11 is 1.66. The van der Waals surface area contributed by atoms with E-state index in [-0.39, 0.29) is 35.4 Å². The van der Waals surface area contributed by atoms with Gasteiger partial charge in [0.15, 0.2) is 9.84 Å². The van der Waals surface area contributed by atoms with Crippen molar-refractivity contribution < 1.29 is 13.2 Å². The Kier molecular flexibility index (Phi) is 3.54. The first-order chi connectivity index (χ1) is 10.5. The number of nitrogens with zero attached hydrogens (tertiary/aromatic N) is 2. The van der Waals surface area contributed by atoms with Crippen molar-refractivity contribution in [3.63, 3.8) is 0 Å². The van der Waals surface area contributed by atoms with Gasteiger partial charge in [0.05, 0.1) is 17.5 Å². The van der Waals surface area contributed by atoms with Gasteiger partial charge in [0, 0.05) is 31.6 Å². The number of piperazine rings is 1. The smallest absolute Gasteiger partial charge is 0.226 e. The van der Waals surface area contributed by atoms with Crippen LogP contribution in [0, 0.1) is 5.92 Å². The van der Waals surface area contributed by atoms with Crippen LogP contribution in [-0.2, 0) is 21.2 Å². The van der Waals surface area contributed by atoms with E-state index in [1.54, 1.807) is 11.3 Å². The Hall–Kier alpha value is -0.920. The highest BCUT2D eigenvalue weighted by Crippen LogP contribution is 2.35. The minimum absolute atomic E-state index is 0.0404. The molecule has 3 heterocycles. The molecule has 1 aliphatic carbocycles. The van der Waals surface area contributed by atoms with Crippen LogP contribution in [0.15, 0.2) is 16.8 Å². The monoisotopic (exact) mass is 340 g/mol. The van der Waals surface area contributed by atoms with Gasteiger partial charge in [-0.1, -0.05) is 0 Å². The lowest BCUT2D eigenvalue weighted by atomic mass is 10.0. The minimum atomic E-state index is -3.05. The van der Waals surface area contributed by atoms with E-state index in [1.807, 2.05) is 10.3 Å². The highest BCUT2D eigenvalue weighted by molar-refractivity contribution is 7.91. The number of hydrogen-bond donors (Lipinski definition) is 0. The van der Waals surface area contributed by atoms with Crippen molar-refractivity contribution in [2.75, 3.05) is 24.6 Å². The van der Waals surface area contributed by atoms with Gasteiger partial charge in [-0.25, -0.2) is 8.42 Å². The summed E-state index contributed by atoms with van der Waals surface area (Å²) in [5.41, 5.74) is 1.23. The second kappa shape index (κ2) is 5.32. The number of hydrogen-bond acceptors (Lipinski definition) is 5. The maximum atomic E-state index is 12.5. The van der Waals surface area contributed by atoms with Crippen LogP contribution < -0.4 is 0 Å². The number of carbonyl (C=O) groups is 1. The highest BCUT2D eigenvalue weighted by atomic mass is 32.2. The highest BCUT2D eigenvalue weighted by Gasteiger charge is 2.49. The summed E-state index contributed by atoms with van der Waals surface area (Å²) in [6.45, 7) is 2.22. The van der Waals surface area contributed by atoms with Gasteiger partial charge in [0.1, 0.15) is 0 Å². The Balaban J connectivity index is 1.56. The van der Waals surface area contributed by atoms with Gasteiger partial charge in [0.2, 0.25) is 5.91 Å². The Morgan fingerprint density at radius 2 is 2.00 bits per heavy atom. The van der Waals surface area contributed by atoms with Gasteiger partial charge in [-0.2, -0.15) is 11.3 Å². The Morgan fingerprint density at radius 1 is 1.23 bits per heavy atom. The number of carbonyl (C=O) groups excluding carboxylic acids is 1. The molecule has 7 heteroatoms. The quantitative estimate of drug-likeness (QED) is 0.823. The molecular weight excluding hydrogens is 320 g/mol. The fraction of sp³-hybridized carbons (Fsp3) is 0.667. The largest absolute Gasteiger partial charge is 0.336 e. The molecule has 0 N–H and O–H groups in total. The molecule has 3 aliphatic rings. The summed E-state index contributed by atoms with van der Waals surface area (Å²) in [5, 5.41) is 4.16. The molecular formula is C15H20N2O3S2. The molecule has 3 fully saturated rings. The van der Waals surface area contributed by atoms with Crippen LogP contribution >= 0.6 is 11.3 Å². The summed E-state index contributed by atoms with van der Waals surface area (Å²) < 4.78 is 24.3. The second-order valence-corrected chi connectivity index (χ2v) is 9.55. The molecule has 0 radical (unpaired) electrons. The van der Waals surface area contributed by atoms with E-state index in [0.717, 1.165) is 25.9 Å². The Bertz CT molecular complexity index is 667. The summed E-state index contributed by atoms with van der Waals surface area (Å²) in [5.74, 6) is 0.668. The molecule has 2 saturated heterocycles. The second-order valence-electron chi connectivity index (χ2n) is 6.62. The molecule has 0 bridgehead atoms. The first kappa shape index (κ1) is 14.7. The van der Waals surface area contributed by atoms with E-state index < -0.39 is 9.84 Å². The van der Waals surface area contributed by atoms with Crippen LogP contribution in [0.4, 0.5) is 0 Å². The summed E-state index contributed by atoms with van der Waals surface area (Å²) in [6, 6.07) is 1.90. The van der Waals surface area contributed by atoms with Crippen molar-refractivity contribution in [1.29, 1.82) is 0 Å². The van der Waals surface area contributed by atoms with Crippen LogP contribution in [0.1, 0.15) is 18.4 Å². The fourth-order valence-electron chi connectivity index (χ4n) is 3.68. The van der Waals surface area contributed by atoms with Crippen LogP contribution in [0.5, 0.6) is 0 Å². The Morgan fingerprint density at radius 3 is 2.68 bits per heavy atom. The lowest BCUT2D eigenvalue weighted by Crippen LogP contribution is -2.60. The van der Waals surface area contributed by atoms with Gasteiger partial charge in [0.25, 0.3) is 0 Å². The molecule has 1 saturated carbocycles. The predicted molar refractivity (Wildman–Crippen MR) is 85.4 cm³/mol. The molecule has 0 spiro atoms. The average molecular weight is 340 g/mol. The molecule has 2 aliphatic heterocycles. The lowest BCUT2D eigenvalue weighted by Gasteiger charge is -2.44. The normalized spacial score (nSPS) is 31.2. The van der Waals surface area contributed by atoms with E-state index in [1.165, 1.54) is 5.56 Å². The first-order valence-electron chi connectivity index (χ1n) is 7.79. The minimum Gasteiger partial charge on any atom is -0.336 e. The van der Waals surface area contributed by atoms with Crippen molar-refractivity contribution in [2.24, 2.45) is 5.92 Å². The number of sulfone groups is 1. The van der Waals surface area contributed by atoms with Gasteiger partial charge < -0.3 is 4.90 Å². The van der Waals surface area contributed by atoms with Crippen molar-refractivity contribution in [1.82, 2.24) is 9.80 Å². The molecule has 1 aromatic heterocycles. The van der Waals surface area contributed by atoms with Crippen LogP contribution in [0.3, 0.4) is 0 Å². The van der Waals surface area contributed by atoms with Gasteiger partial charge in [-0.3, -0.25) is 9.69 Å². The molecule has 22 heavy (non-hydrogen) atoms. The maximum absolute atomic E-state index is 12.5. The van der Waals surface area contributed by atoms with E-state index in [9.17, 15) is 13.2 Å². The van der Waals surface area contributed by atoms with Crippen molar-refractivity contribution in [3.8, 4) is 0 Å². The van der Waals surface area contributed by atoms with E-state index in [4.69, 9.17) is 0 Å². The maximum Gasteiger partial charge on any atom is 0.226 e. The van der Waals surface area contributed by atoms with Crippen molar-refractivity contribution in [3.05, 3.63) is 22.4 Å². The van der Waals surface area contributed by atoms with E-state index >= 15 is 0 Å². The third-order valence-electron chi connectivity index (χ3n) is 4.97. The van der Waals surface area contributed by atoms with Gasteiger partial charge >= 0.3 is 0 Å². The SMILES string of the molecule is O=C(C1CC1)N1CCN(Cc2ccsc2)[C@H]2CS(=O)(=O)C[C@H]21. The number of amides is 1. The average Bonchev–Trinajstić information content (AvgIpc) is 3.09. The third kappa shape index (κ3) is 2.70. The fourth-order valence-corrected chi connectivity index (χ4v) is 6.35.